The molecule has 3 heterocycles. The van der Waals surface area contributed by atoms with Crippen molar-refractivity contribution in [2.24, 2.45) is 11.7 Å². The number of hydrogen-bond acceptors (Lipinski definition) is 3. The zero-order chi connectivity index (χ0) is 22.2. The van der Waals surface area contributed by atoms with Crippen LogP contribution < -0.4 is 5.73 Å². The molecule has 0 atom stereocenters. The summed E-state index contributed by atoms with van der Waals surface area (Å²) in [6, 6.07) is 8.27. The molecule has 2 amide bonds. The molecule has 0 saturated carbocycles. The molecule has 1 saturated heterocycles. The van der Waals surface area contributed by atoms with Gasteiger partial charge in [-0.05, 0) is 43.2 Å². The van der Waals surface area contributed by atoms with E-state index in [1.165, 1.54) is 23.0 Å². The first-order valence-electron chi connectivity index (χ1n) is 9.73. The second-order valence-corrected chi connectivity index (χ2v) is 7.40. The maximum atomic E-state index is 13.2. The predicted molar refractivity (Wildman–Crippen MR) is 106 cm³/mol. The molecule has 4 rings (SSSR count). The summed E-state index contributed by atoms with van der Waals surface area (Å²) in [5.74, 6) is -0.602. The maximum absolute atomic E-state index is 13.2. The van der Waals surface area contributed by atoms with E-state index >= 15 is 0 Å². The SMILES string of the molecule is NC(=O)C1CCN(C(=O)c2cnn(-c3cccc(C(F)(F)F)c3)c2-n2cccc2)CC1. The summed E-state index contributed by atoms with van der Waals surface area (Å²) in [4.78, 5) is 26.2. The number of carbonyl (C=O) groups excluding carboxylic acids is 2. The lowest BCUT2D eigenvalue weighted by molar-refractivity contribution is -0.137. The second kappa shape index (κ2) is 7.93. The van der Waals surface area contributed by atoms with Crippen molar-refractivity contribution in [3.05, 3.63) is 66.1 Å². The van der Waals surface area contributed by atoms with E-state index in [4.69, 9.17) is 5.73 Å². The number of nitrogens with zero attached hydrogens (tertiary/aromatic N) is 4. The number of piperidine rings is 1. The molecule has 0 aliphatic carbocycles. The van der Waals surface area contributed by atoms with E-state index in [0.29, 0.717) is 31.7 Å². The minimum absolute atomic E-state index is 0.185. The lowest BCUT2D eigenvalue weighted by atomic mass is 9.96. The number of alkyl halides is 3. The third-order valence-corrected chi connectivity index (χ3v) is 5.43. The second-order valence-electron chi connectivity index (χ2n) is 7.40. The average molecular weight is 431 g/mol. The van der Waals surface area contributed by atoms with E-state index in [9.17, 15) is 22.8 Å². The van der Waals surface area contributed by atoms with Crippen molar-refractivity contribution in [1.82, 2.24) is 19.2 Å². The van der Waals surface area contributed by atoms with Crippen LogP contribution in [0.15, 0.2) is 55.0 Å². The Morgan fingerprint density at radius 1 is 1.06 bits per heavy atom. The fraction of sp³-hybridized carbons (Fsp3) is 0.286. The highest BCUT2D eigenvalue weighted by Crippen LogP contribution is 2.31. The summed E-state index contributed by atoms with van der Waals surface area (Å²) < 4.78 is 42.5. The number of amides is 2. The van der Waals surface area contributed by atoms with Gasteiger partial charge in [0.25, 0.3) is 5.91 Å². The highest BCUT2D eigenvalue weighted by atomic mass is 19.4. The van der Waals surface area contributed by atoms with E-state index in [0.717, 1.165) is 12.1 Å². The highest BCUT2D eigenvalue weighted by molar-refractivity contribution is 5.97. The maximum Gasteiger partial charge on any atom is 0.416 e. The number of likely N-dealkylation sites (tertiary alicyclic amines) is 1. The van der Waals surface area contributed by atoms with Crippen molar-refractivity contribution in [3.8, 4) is 11.5 Å². The van der Waals surface area contributed by atoms with Crippen LogP contribution >= 0.6 is 0 Å². The molecule has 0 bridgehead atoms. The fourth-order valence-corrected chi connectivity index (χ4v) is 3.76. The Hall–Kier alpha value is -3.56. The molecule has 0 spiro atoms. The number of primary amides is 1. The number of nitrogens with two attached hydrogens (primary N) is 1. The van der Waals surface area contributed by atoms with E-state index in [2.05, 4.69) is 5.10 Å². The molecule has 7 nitrogen and oxygen atoms in total. The van der Waals surface area contributed by atoms with Crippen molar-refractivity contribution < 1.29 is 22.8 Å². The van der Waals surface area contributed by atoms with Gasteiger partial charge < -0.3 is 15.2 Å². The Bertz CT molecular complexity index is 1100. The van der Waals surface area contributed by atoms with Gasteiger partial charge in [-0.1, -0.05) is 6.07 Å². The van der Waals surface area contributed by atoms with Crippen molar-refractivity contribution in [1.29, 1.82) is 0 Å². The summed E-state index contributed by atoms with van der Waals surface area (Å²) in [6.45, 7) is 0.735. The summed E-state index contributed by atoms with van der Waals surface area (Å²) in [5, 5.41) is 4.23. The van der Waals surface area contributed by atoms with Crippen LogP contribution in [-0.2, 0) is 11.0 Å². The molecule has 0 radical (unpaired) electrons. The van der Waals surface area contributed by atoms with Crippen LogP contribution in [-0.4, -0.2) is 44.2 Å². The Balaban J connectivity index is 1.72. The van der Waals surface area contributed by atoms with Gasteiger partial charge in [0.05, 0.1) is 17.4 Å². The Labute approximate surface area is 175 Å². The van der Waals surface area contributed by atoms with Gasteiger partial charge in [-0.15, -0.1) is 0 Å². The van der Waals surface area contributed by atoms with E-state index in [1.54, 1.807) is 34.0 Å². The van der Waals surface area contributed by atoms with Gasteiger partial charge in [0.15, 0.2) is 5.82 Å². The number of rotatable bonds is 4. The summed E-state index contributed by atoms with van der Waals surface area (Å²) in [5.41, 5.74) is 5.00. The molecule has 2 aromatic heterocycles. The minimum atomic E-state index is -4.50. The topological polar surface area (TPSA) is 86.2 Å². The summed E-state index contributed by atoms with van der Waals surface area (Å²) in [6.07, 6.45) is 1.19. The molecule has 1 fully saturated rings. The molecule has 1 aliphatic heterocycles. The lowest BCUT2D eigenvalue weighted by Gasteiger charge is -2.30. The molecule has 1 aromatic carbocycles. The van der Waals surface area contributed by atoms with Gasteiger partial charge in [-0.3, -0.25) is 9.59 Å². The smallest absolute Gasteiger partial charge is 0.369 e. The van der Waals surface area contributed by atoms with Crippen LogP contribution in [0.3, 0.4) is 0 Å². The quantitative estimate of drug-likeness (QED) is 0.689. The van der Waals surface area contributed by atoms with Crippen molar-refractivity contribution in [3.63, 3.8) is 0 Å². The standard InChI is InChI=1S/C21H20F3N5O2/c22-21(23,24)15-4-3-5-16(12-15)29-19(27-8-1-2-9-27)17(13-26-29)20(31)28-10-6-14(7-11-28)18(25)30/h1-5,8-9,12-14H,6-7,10-11H2,(H2,25,30). The van der Waals surface area contributed by atoms with Crippen molar-refractivity contribution >= 4 is 11.8 Å². The normalized spacial score (nSPS) is 15.3. The minimum Gasteiger partial charge on any atom is -0.369 e. The number of carbonyl (C=O) groups is 2. The van der Waals surface area contributed by atoms with E-state index in [1.807, 2.05) is 0 Å². The van der Waals surface area contributed by atoms with Gasteiger partial charge in [-0.25, -0.2) is 4.68 Å². The summed E-state index contributed by atoms with van der Waals surface area (Å²) >= 11 is 0. The molecule has 0 unspecified atom stereocenters. The first-order valence-corrected chi connectivity index (χ1v) is 9.73. The lowest BCUT2D eigenvalue weighted by Crippen LogP contribution is -2.41. The molecule has 31 heavy (non-hydrogen) atoms. The largest absolute Gasteiger partial charge is 0.416 e. The van der Waals surface area contributed by atoms with E-state index < -0.39 is 11.7 Å². The summed E-state index contributed by atoms with van der Waals surface area (Å²) in [7, 11) is 0. The molecular formula is C21H20F3N5O2. The fourth-order valence-electron chi connectivity index (χ4n) is 3.76. The number of benzene rings is 1. The Morgan fingerprint density at radius 3 is 2.35 bits per heavy atom. The van der Waals surface area contributed by atoms with Crippen LogP contribution in [0.25, 0.3) is 11.5 Å². The first-order chi connectivity index (χ1) is 14.8. The molecule has 162 valence electrons. The van der Waals surface area contributed by atoms with E-state index in [-0.39, 0.29) is 29.0 Å². The molecule has 3 aromatic rings. The Kier molecular flexibility index (Phi) is 5.30. The number of aromatic nitrogens is 3. The Morgan fingerprint density at radius 2 is 1.74 bits per heavy atom. The molecular weight excluding hydrogens is 411 g/mol. The van der Waals surface area contributed by atoms with Crippen molar-refractivity contribution in [2.45, 2.75) is 19.0 Å². The van der Waals surface area contributed by atoms with Gasteiger partial charge in [0.2, 0.25) is 5.91 Å². The average Bonchev–Trinajstić information content (AvgIpc) is 3.42. The van der Waals surface area contributed by atoms with Crippen LogP contribution in [0.2, 0.25) is 0 Å². The van der Waals surface area contributed by atoms with Crippen LogP contribution in [0, 0.1) is 5.92 Å². The zero-order valence-electron chi connectivity index (χ0n) is 16.4. The number of hydrogen-bond donors (Lipinski definition) is 1. The molecule has 2 N–H and O–H groups in total. The van der Waals surface area contributed by atoms with Crippen LogP contribution in [0.5, 0.6) is 0 Å². The third-order valence-electron chi connectivity index (χ3n) is 5.43. The molecule has 1 aliphatic rings. The van der Waals surface area contributed by atoms with Crippen LogP contribution in [0.4, 0.5) is 13.2 Å². The third kappa shape index (κ3) is 4.05. The van der Waals surface area contributed by atoms with Crippen LogP contribution in [0.1, 0.15) is 28.8 Å². The van der Waals surface area contributed by atoms with Gasteiger partial charge in [0.1, 0.15) is 5.56 Å². The van der Waals surface area contributed by atoms with Gasteiger partial charge in [-0.2, -0.15) is 18.3 Å². The van der Waals surface area contributed by atoms with Crippen molar-refractivity contribution in [2.75, 3.05) is 13.1 Å². The number of halogens is 3. The highest BCUT2D eigenvalue weighted by Gasteiger charge is 2.32. The zero-order valence-corrected chi connectivity index (χ0v) is 16.4. The monoisotopic (exact) mass is 431 g/mol. The van der Waals surface area contributed by atoms with Gasteiger partial charge >= 0.3 is 6.18 Å². The predicted octanol–water partition coefficient (Wildman–Crippen LogP) is 3.02. The first kappa shape index (κ1) is 20.7. The molecule has 10 heteroatoms. The van der Waals surface area contributed by atoms with Gasteiger partial charge in [0, 0.05) is 31.4 Å².